The molecule has 0 aliphatic carbocycles. The van der Waals surface area contributed by atoms with Crippen molar-refractivity contribution in [2.75, 3.05) is 0 Å². The van der Waals surface area contributed by atoms with E-state index in [1.165, 1.54) is 18.2 Å². The van der Waals surface area contributed by atoms with Crippen molar-refractivity contribution in [2.24, 2.45) is 0 Å². The van der Waals surface area contributed by atoms with Gasteiger partial charge in [0.2, 0.25) is 0 Å². The summed E-state index contributed by atoms with van der Waals surface area (Å²) in [6.07, 6.45) is 1.75. The molecule has 0 aliphatic rings. The van der Waals surface area contributed by atoms with Crippen LogP contribution in [0.5, 0.6) is 5.75 Å². The van der Waals surface area contributed by atoms with Gasteiger partial charge in [0, 0.05) is 17.1 Å². The van der Waals surface area contributed by atoms with Gasteiger partial charge in [-0.15, -0.1) is 0 Å². The Morgan fingerprint density at radius 2 is 2.00 bits per heavy atom. The van der Waals surface area contributed by atoms with Crippen molar-refractivity contribution < 1.29 is 14.2 Å². The molecular formula is C17H14FNO2. The number of ether oxygens (including phenoxy) is 1. The molecule has 0 saturated heterocycles. The lowest BCUT2D eigenvalue weighted by Gasteiger charge is -2.10. The second-order valence-corrected chi connectivity index (χ2v) is 4.73. The highest BCUT2D eigenvalue weighted by Gasteiger charge is 2.05. The van der Waals surface area contributed by atoms with E-state index >= 15 is 0 Å². The zero-order valence-electron chi connectivity index (χ0n) is 11.3. The van der Waals surface area contributed by atoms with Crippen molar-refractivity contribution in [3.05, 3.63) is 71.7 Å². The molecular weight excluding hydrogens is 269 g/mol. The summed E-state index contributed by atoms with van der Waals surface area (Å²) in [6, 6.07) is 13.9. The zero-order valence-corrected chi connectivity index (χ0v) is 11.3. The number of hydrogen-bond donors (Lipinski definition) is 1. The van der Waals surface area contributed by atoms with Gasteiger partial charge in [0.15, 0.2) is 0 Å². The van der Waals surface area contributed by atoms with Crippen LogP contribution < -0.4 is 4.74 Å². The Labute approximate surface area is 121 Å². The maximum atomic E-state index is 13.1. The van der Waals surface area contributed by atoms with Crippen molar-refractivity contribution in [1.82, 2.24) is 4.98 Å². The minimum Gasteiger partial charge on any atom is -0.489 e. The van der Waals surface area contributed by atoms with Crippen molar-refractivity contribution in [1.29, 1.82) is 0 Å². The van der Waals surface area contributed by atoms with Crippen LogP contribution >= 0.6 is 0 Å². The van der Waals surface area contributed by atoms with E-state index in [4.69, 9.17) is 4.74 Å². The van der Waals surface area contributed by atoms with Gasteiger partial charge in [-0.25, -0.2) is 4.39 Å². The fraction of sp³-hybridized carbons (Fsp3) is 0.118. The van der Waals surface area contributed by atoms with Gasteiger partial charge in [-0.1, -0.05) is 12.1 Å². The summed E-state index contributed by atoms with van der Waals surface area (Å²) in [5.74, 6) is 0.105. The normalized spacial score (nSPS) is 10.8. The van der Waals surface area contributed by atoms with Crippen molar-refractivity contribution >= 4 is 10.9 Å². The monoisotopic (exact) mass is 283 g/mol. The van der Waals surface area contributed by atoms with E-state index in [9.17, 15) is 9.50 Å². The van der Waals surface area contributed by atoms with Gasteiger partial charge >= 0.3 is 0 Å². The number of pyridine rings is 1. The number of rotatable bonds is 4. The summed E-state index contributed by atoms with van der Waals surface area (Å²) in [5, 5.41) is 10.3. The Balaban J connectivity index is 1.80. The van der Waals surface area contributed by atoms with Crippen molar-refractivity contribution in [3.63, 3.8) is 0 Å². The first-order valence-electron chi connectivity index (χ1n) is 6.62. The molecule has 0 bridgehead atoms. The number of fused-ring (bicyclic) bond motifs is 1. The summed E-state index contributed by atoms with van der Waals surface area (Å²) in [6.45, 7) is 0.0954. The van der Waals surface area contributed by atoms with E-state index in [0.29, 0.717) is 17.9 Å². The van der Waals surface area contributed by atoms with Crippen LogP contribution in [0.4, 0.5) is 4.39 Å². The zero-order chi connectivity index (χ0) is 14.7. The molecule has 2 aromatic carbocycles. The van der Waals surface area contributed by atoms with Crippen LogP contribution in [0.2, 0.25) is 0 Å². The topological polar surface area (TPSA) is 42.4 Å². The van der Waals surface area contributed by atoms with Crippen LogP contribution in [0, 0.1) is 5.82 Å². The summed E-state index contributed by atoms with van der Waals surface area (Å²) in [5.41, 5.74) is 2.36. The summed E-state index contributed by atoms with van der Waals surface area (Å²) >= 11 is 0. The average Bonchev–Trinajstić information content (AvgIpc) is 2.53. The lowest BCUT2D eigenvalue weighted by atomic mass is 10.1. The number of nitrogens with zero attached hydrogens (tertiary/aromatic N) is 1. The molecule has 3 aromatic rings. The Bertz CT molecular complexity index is 774. The SMILES string of the molecule is OCc1cc(F)ccc1OCc1ccc2ncccc2c1. The third kappa shape index (κ3) is 3.01. The molecule has 0 radical (unpaired) electrons. The molecule has 0 aliphatic heterocycles. The van der Waals surface area contributed by atoms with Gasteiger partial charge in [0.25, 0.3) is 0 Å². The molecule has 0 amide bonds. The maximum Gasteiger partial charge on any atom is 0.125 e. The summed E-state index contributed by atoms with van der Waals surface area (Å²) < 4.78 is 18.8. The molecule has 4 heteroatoms. The summed E-state index contributed by atoms with van der Waals surface area (Å²) in [7, 11) is 0. The van der Waals surface area contributed by atoms with Gasteiger partial charge < -0.3 is 9.84 Å². The van der Waals surface area contributed by atoms with E-state index in [-0.39, 0.29) is 12.4 Å². The van der Waals surface area contributed by atoms with E-state index < -0.39 is 0 Å². The van der Waals surface area contributed by atoms with Crippen LogP contribution in [-0.2, 0) is 13.2 Å². The summed E-state index contributed by atoms with van der Waals surface area (Å²) in [4.78, 5) is 4.26. The molecule has 1 aromatic heterocycles. The maximum absolute atomic E-state index is 13.1. The highest BCUT2D eigenvalue weighted by molar-refractivity contribution is 5.78. The standard InChI is InChI=1S/C17H14FNO2/c18-15-4-6-17(14(9-15)10-20)21-11-12-3-5-16-13(8-12)2-1-7-19-16/h1-9,20H,10-11H2. The van der Waals surface area contributed by atoms with Crippen LogP contribution in [0.1, 0.15) is 11.1 Å². The number of aliphatic hydroxyl groups is 1. The minimum absolute atomic E-state index is 0.255. The fourth-order valence-electron chi connectivity index (χ4n) is 2.19. The third-order valence-electron chi connectivity index (χ3n) is 3.25. The first kappa shape index (κ1) is 13.5. The van der Waals surface area contributed by atoms with Gasteiger partial charge in [-0.3, -0.25) is 4.98 Å². The van der Waals surface area contributed by atoms with Crippen molar-refractivity contribution in [2.45, 2.75) is 13.2 Å². The number of aromatic nitrogens is 1. The van der Waals surface area contributed by atoms with Gasteiger partial charge in [-0.2, -0.15) is 0 Å². The van der Waals surface area contributed by atoms with Gasteiger partial charge in [0.1, 0.15) is 18.2 Å². The van der Waals surface area contributed by atoms with Crippen LogP contribution in [0.15, 0.2) is 54.7 Å². The fourth-order valence-corrected chi connectivity index (χ4v) is 2.19. The molecule has 0 spiro atoms. The second-order valence-electron chi connectivity index (χ2n) is 4.73. The Kier molecular flexibility index (Phi) is 3.79. The molecule has 0 atom stereocenters. The first-order valence-corrected chi connectivity index (χ1v) is 6.62. The molecule has 21 heavy (non-hydrogen) atoms. The molecule has 0 fully saturated rings. The number of benzene rings is 2. The van der Waals surface area contributed by atoms with Gasteiger partial charge in [-0.05, 0) is 42.0 Å². The minimum atomic E-state index is -0.386. The molecule has 0 saturated carbocycles. The van der Waals surface area contributed by atoms with Gasteiger partial charge in [0.05, 0.1) is 12.1 Å². The largest absolute Gasteiger partial charge is 0.489 e. The second kappa shape index (κ2) is 5.89. The van der Waals surface area contributed by atoms with Crippen LogP contribution in [0.3, 0.4) is 0 Å². The van der Waals surface area contributed by atoms with E-state index in [2.05, 4.69) is 4.98 Å². The van der Waals surface area contributed by atoms with Crippen molar-refractivity contribution in [3.8, 4) is 5.75 Å². The highest BCUT2D eigenvalue weighted by atomic mass is 19.1. The predicted octanol–water partition coefficient (Wildman–Crippen LogP) is 3.45. The molecule has 106 valence electrons. The third-order valence-corrected chi connectivity index (χ3v) is 3.25. The Hall–Kier alpha value is -2.46. The smallest absolute Gasteiger partial charge is 0.125 e. The Morgan fingerprint density at radius 3 is 2.86 bits per heavy atom. The highest BCUT2D eigenvalue weighted by Crippen LogP contribution is 2.22. The van der Waals surface area contributed by atoms with E-state index in [1.807, 2.05) is 30.3 Å². The number of halogens is 1. The molecule has 1 heterocycles. The van der Waals surface area contributed by atoms with E-state index in [1.54, 1.807) is 6.20 Å². The van der Waals surface area contributed by atoms with E-state index in [0.717, 1.165) is 16.5 Å². The van der Waals surface area contributed by atoms with Crippen LogP contribution in [-0.4, -0.2) is 10.1 Å². The lowest BCUT2D eigenvalue weighted by Crippen LogP contribution is -1.99. The first-order chi connectivity index (χ1) is 10.3. The quantitative estimate of drug-likeness (QED) is 0.797. The Morgan fingerprint density at radius 1 is 1.10 bits per heavy atom. The van der Waals surface area contributed by atoms with Crippen LogP contribution in [0.25, 0.3) is 10.9 Å². The molecule has 3 rings (SSSR count). The molecule has 1 N–H and O–H groups in total. The lowest BCUT2D eigenvalue weighted by molar-refractivity contribution is 0.258. The predicted molar refractivity (Wildman–Crippen MR) is 78.4 cm³/mol. The number of aliphatic hydroxyl groups excluding tert-OH is 1. The number of hydrogen-bond acceptors (Lipinski definition) is 3. The molecule has 0 unspecified atom stereocenters. The molecule has 3 nitrogen and oxygen atoms in total. The average molecular weight is 283 g/mol.